The number of anilines is 2. The number of carboxylic acids is 1. The number of aliphatic carboxylic acids is 1. The molecule has 0 spiro atoms. The van der Waals surface area contributed by atoms with Gasteiger partial charge in [0, 0.05) is 0 Å². The third-order valence-electron chi connectivity index (χ3n) is 4.38. The maximum absolute atomic E-state index is 12.3. The average Bonchev–Trinajstić information content (AvgIpc) is 2.77. The van der Waals surface area contributed by atoms with E-state index in [0.717, 1.165) is 0 Å². The van der Waals surface area contributed by atoms with E-state index >= 15 is 0 Å². The molecule has 1 amide bonds. The van der Waals surface area contributed by atoms with Gasteiger partial charge >= 0.3 is 150 Å². The van der Waals surface area contributed by atoms with Gasteiger partial charge in [0.15, 0.2) is 11.2 Å². The number of fused-ring (bicyclic) bond motifs is 1. The fourth-order valence-corrected chi connectivity index (χ4v) is 3.54. The molecule has 12 nitrogen and oxygen atoms in total. The summed E-state index contributed by atoms with van der Waals surface area (Å²) < 4.78 is -0.626. The number of aldehydes is 1. The molecule has 2 aromatic heterocycles. The molecule has 1 unspecified atom stereocenters. The Morgan fingerprint density at radius 3 is 2.62 bits per heavy atom. The number of nitrogens with zero attached hydrogens (tertiary/aromatic N) is 3. The minimum absolute atomic E-state index is 0.0375. The van der Waals surface area contributed by atoms with Crippen molar-refractivity contribution in [2.45, 2.75) is 20.4 Å². The molecule has 0 saturated carbocycles. The van der Waals surface area contributed by atoms with Crippen molar-refractivity contribution in [3.63, 3.8) is 0 Å². The van der Waals surface area contributed by atoms with Crippen molar-refractivity contribution in [1.82, 2.24) is 25.3 Å². The summed E-state index contributed by atoms with van der Waals surface area (Å²) in [5.74, 6) is -1.49. The molecule has 3 aromatic rings. The average molecular weight is 565 g/mol. The summed E-state index contributed by atoms with van der Waals surface area (Å²) in [4.78, 5) is 61.0. The number of aromatic nitrogens is 4. The molecule has 0 aliphatic carbocycles. The quantitative estimate of drug-likeness (QED) is 0.221. The number of rotatable bonds is 9. The minimum Gasteiger partial charge on any atom is -0.291 e. The molecule has 0 bridgehead atoms. The van der Waals surface area contributed by atoms with E-state index in [9.17, 15) is 19.2 Å². The zero-order chi connectivity index (χ0) is 23.3. The summed E-state index contributed by atoms with van der Waals surface area (Å²) in [7, 11) is 0. The third kappa shape index (κ3) is 6.05. The summed E-state index contributed by atoms with van der Waals surface area (Å²) in [5, 5.41) is 14.6. The molecule has 32 heavy (non-hydrogen) atoms. The molecule has 13 heteroatoms. The Bertz CT molecular complexity index is 1210. The molecule has 163 valence electrons. The van der Waals surface area contributed by atoms with Gasteiger partial charge in [-0.05, 0) is 0 Å². The Morgan fingerprint density at radius 2 is 1.97 bits per heavy atom. The van der Waals surface area contributed by atoms with Crippen LogP contribution in [0.5, 0.6) is 0 Å². The van der Waals surface area contributed by atoms with Gasteiger partial charge < -0.3 is 5.73 Å². The molecule has 0 aliphatic rings. The summed E-state index contributed by atoms with van der Waals surface area (Å²) >= 11 is 0.373. The van der Waals surface area contributed by atoms with Crippen LogP contribution in [0.1, 0.15) is 22.5 Å². The molecule has 0 saturated heterocycles. The predicted octanol–water partition coefficient (Wildman–Crippen LogP) is 0.0172. The Labute approximate surface area is 207 Å². The van der Waals surface area contributed by atoms with E-state index in [1.165, 1.54) is 6.20 Å². The van der Waals surface area contributed by atoms with Crippen LogP contribution < -0.4 is 21.9 Å². The van der Waals surface area contributed by atoms with E-state index in [2.05, 4.69) is 30.6 Å². The molecular weight excluding hydrogens is 546 g/mol. The van der Waals surface area contributed by atoms with E-state index in [-0.39, 0.29) is 30.1 Å². The van der Waals surface area contributed by atoms with Gasteiger partial charge in [-0.1, -0.05) is 0 Å². The number of nitrogens with one attached hydrogen (secondary N) is 3. The van der Waals surface area contributed by atoms with Crippen LogP contribution in [-0.4, -0.2) is 49.2 Å². The van der Waals surface area contributed by atoms with Crippen molar-refractivity contribution >= 4 is 41.0 Å². The van der Waals surface area contributed by atoms with Crippen molar-refractivity contribution in [2.75, 3.05) is 11.1 Å². The minimum atomic E-state index is -0.978. The molecule has 0 fully saturated rings. The molecule has 2 heterocycles. The van der Waals surface area contributed by atoms with Crippen molar-refractivity contribution in [1.29, 1.82) is 0 Å². The molecule has 1 aromatic carbocycles. The number of benzene rings is 1. The second-order valence-corrected chi connectivity index (χ2v) is 8.95. The van der Waals surface area contributed by atoms with Crippen molar-refractivity contribution in [3.05, 3.63) is 52.1 Å². The number of carbonyl (C=O) groups excluding carboxylic acids is 2. The second-order valence-electron chi connectivity index (χ2n) is 6.76. The number of amides is 1. The maximum atomic E-state index is 12.3. The van der Waals surface area contributed by atoms with Crippen LogP contribution in [0, 0.1) is 39.6 Å². The number of nitrogen functional groups attached to an aromatic ring is 1. The Morgan fingerprint density at radius 1 is 1.25 bits per heavy atom. The van der Waals surface area contributed by atoms with Gasteiger partial charge in [-0.15, -0.1) is 0 Å². The van der Waals surface area contributed by atoms with Crippen LogP contribution in [0.25, 0.3) is 11.2 Å². The number of H-pyrrole nitrogens is 1. The monoisotopic (exact) mass is 564 g/mol. The first-order valence-electron chi connectivity index (χ1n) is 9.32. The van der Waals surface area contributed by atoms with Crippen LogP contribution in [-0.2, 0) is 16.1 Å². The van der Waals surface area contributed by atoms with Crippen LogP contribution >= 0.6 is 0 Å². The van der Waals surface area contributed by atoms with Crippen molar-refractivity contribution < 1.29 is 59.1 Å². The van der Waals surface area contributed by atoms with Crippen LogP contribution in [0.15, 0.2) is 35.3 Å². The molecule has 3 rings (SSSR count). The number of hydrogen-bond donors (Lipinski definition) is 5. The summed E-state index contributed by atoms with van der Waals surface area (Å²) in [6.07, 6.45) is 2.08. The molecule has 2 atom stereocenters. The largest absolute Gasteiger partial charge is 0.291 e. The van der Waals surface area contributed by atoms with Crippen molar-refractivity contribution in [3.8, 4) is 0 Å². The number of nitrogens with two attached hydrogens (primary N) is 1. The molecular formula is C19H18CeN7O5. The normalized spacial score (nSPS) is 12.6. The zero-order valence-corrected chi connectivity index (χ0v) is 19.7. The second kappa shape index (κ2) is 10.6. The number of carbonyl (C=O) groups is 3. The van der Waals surface area contributed by atoms with Crippen LogP contribution in [0.4, 0.5) is 11.6 Å². The Balaban J connectivity index is 1.61. The van der Waals surface area contributed by atoms with Gasteiger partial charge in [0.2, 0.25) is 5.95 Å². The summed E-state index contributed by atoms with van der Waals surface area (Å²) in [5.41, 5.74) is 6.74. The van der Waals surface area contributed by atoms with Crippen LogP contribution in [0.2, 0.25) is 1.44 Å². The smallest absolute Gasteiger partial charge is 0.280 e. The third-order valence-corrected chi connectivity index (χ3v) is 5.89. The van der Waals surface area contributed by atoms with Crippen LogP contribution in [0.3, 0.4) is 0 Å². The molecule has 6 N–H and O–H groups in total. The Kier molecular flexibility index (Phi) is 7.82. The van der Waals surface area contributed by atoms with Gasteiger partial charge in [0.25, 0.3) is 5.56 Å². The van der Waals surface area contributed by atoms with Gasteiger partial charge in [-0.2, -0.15) is 4.98 Å². The van der Waals surface area contributed by atoms with E-state index < -0.39 is 24.9 Å². The zero-order valence-electron chi connectivity index (χ0n) is 16.5. The van der Waals surface area contributed by atoms with Gasteiger partial charge in [-0.25, -0.2) is 9.97 Å². The first-order chi connectivity index (χ1) is 15.3. The topological polar surface area (TPSA) is 193 Å². The number of aromatic amines is 1. The predicted molar refractivity (Wildman–Crippen MR) is 109 cm³/mol. The summed E-state index contributed by atoms with van der Waals surface area (Å²) in [6, 6.07) is 5.61. The summed E-state index contributed by atoms with van der Waals surface area (Å²) in [6.45, 7) is 0.266. The number of carboxylic acid groups (broad SMARTS) is 1. The van der Waals surface area contributed by atoms with Crippen molar-refractivity contribution in [2.24, 2.45) is 0 Å². The number of hydrogen-bond acceptors (Lipinski definition) is 9. The first kappa shape index (κ1) is 23.7. The fourth-order valence-electron chi connectivity index (χ4n) is 2.74. The first-order valence-corrected chi connectivity index (χ1v) is 11.1. The maximum Gasteiger partial charge on any atom is 0.280 e. The molecule has 0 radical (unpaired) electrons. The standard InChI is InChI=1S/C19H18N7O5.Ce/c20-19-25-16-15(18(31)26-19)23-13(8-22-16)7-21-11-3-1-10(2-4-11)17(30)24-12(9-27)5-6-14(28)29;/h1-4,6,8-9,12,21H,5,7H2,(H,24,30)(H,28,29)(H3,20,22,25,26,31);/t12-;/m0./s1. The van der Waals surface area contributed by atoms with E-state index in [0.29, 0.717) is 62.9 Å². The van der Waals surface area contributed by atoms with E-state index in [1.54, 1.807) is 24.3 Å². The van der Waals surface area contributed by atoms with Gasteiger partial charge in [0.1, 0.15) is 0 Å². The van der Waals surface area contributed by atoms with E-state index in [4.69, 9.17) is 10.8 Å². The molecule has 0 aliphatic heterocycles. The Hall–Kier alpha value is -2.97. The van der Waals surface area contributed by atoms with E-state index in [1.807, 2.05) is 0 Å². The fraction of sp³-hybridized carbons (Fsp3) is 0.211. The van der Waals surface area contributed by atoms with Gasteiger partial charge in [0.05, 0.1) is 6.20 Å². The SMILES string of the molecule is Nc1nc2ncc(CNc3ccc(C(=O)N[C@H](C=O)C[CH]([Ce])C(=O)O)cc3)nc2c(=O)[nH]1. The van der Waals surface area contributed by atoms with Gasteiger partial charge in [-0.3, -0.25) is 9.78 Å².